The number of nitrogens with zero attached hydrogens (tertiary/aromatic N) is 2. The molecule has 1 fully saturated rings. The lowest BCUT2D eigenvalue weighted by Crippen LogP contribution is -2.37. The molecular weight excluding hydrogens is 584 g/mol. The van der Waals surface area contributed by atoms with Gasteiger partial charge >= 0.3 is 0 Å². The maximum absolute atomic E-state index is 7.69. The van der Waals surface area contributed by atoms with Gasteiger partial charge < -0.3 is 23.8 Å². The van der Waals surface area contributed by atoms with Crippen molar-refractivity contribution < 1.29 is 18.9 Å². The number of morpholine rings is 1. The predicted molar refractivity (Wildman–Crippen MR) is 187 cm³/mol. The minimum Gasteiger partial charge on any atom is -0.497 e. The van der Waals surface area contributed by atoms with E-state index in [-0.39, 0.29) is 5.41 Å². The number of hydrogen-bond acceptors (Lipinski definition) is 5. The molecule has 5 aromatic rings. The molecule has 0 N–H and O–H groups in total. The van der Waals surface area contributed by atoms with Gasteiger partial charge in [-0.05, 0) is 76.2 Å². The lowest BCUT2D eigenvalue weighted by molar-refractivity contribution is 0.122. The first-order valence-corrected chi connectivity index (χ1v) is 16.0. The number of hydrogen-bond donors (Lipinski definition) is 0. The minimum absolute atomic E-state index is 0.350. The van der Waals surface area contributed by atoms with E-state index in [9.17, 15) is 0 Å². The highest BCUT2D eigenvalue weighted by Gasteiger charge is 2.44. The third-order valence-corrected chi connectivity index (χ3v) is 10.1. The number of rotatable bonds is 5. The summed E-state index contributed by atoms with van der Waals surface area (Å²) in [5.41, 5.74) is 8.38. The lowest BCUT2D eigenvalue weighted by Gasteiger charge is -2.39. The molecule has 2 heterocycles. The van der Waals surface area contributed by atoms with Gasteiger partial charge in [0, 0.05) is 46.3 Å². The standard InChI is InChI=1S/C41H36N2O4/c1-40(2)36-24-28(42-3)10-16-33(36)37-32-17-15-31(45-5)25-35(32)39-34(38(37)40)18-19-41(47-39,27-8-13-30(44-4)14-9-27)26-6-11-29(12-7-26)43-20-22-46-23-21-43/h6-19,24-25H,20-23H2,1-2,4-5H3. The molecule has 2 aliphatic heterocycles. The zero-order valence-electron chi connectivity index (χ0n) is 27.1. The van der Waals surface area contributed by atoms with Crippen molar-refractivity contribution in [1.29, 1.82) is 0 Å². The molecule has 0 radical (unpaired) electrons. The van der Waals surface area contributed by atoms with Crippen LogP contribution in [0, 0.1) is 6.57 Å². The van der Waals surface area contributed by atoms with Crippen molar-refractivity contribution in [2.45, 2.75) is 24.9 Å². The quantitative estimate of drug-likeness (QED) is 0.184. The number of benzene rings is 5. The zero-order chi connectivity index (χ0) is 32.3. The number of ether oxygens (including phenoxy) is 4. The Morgan fingerprint density at radius 1 is 0.787 bits per heavy atom. The van der Waals surface area contributed by atoms with Gasteiger partial charge in [0.25, 0.3) is 0 Å². The van der Waals surface area contributed by atoms with Crippen LogP contribution < -0.4 is 19.1 Å². The average Bonchev–Trinajstić information content (AvgIpc) is 3.37. The van der Waals surface area contributed by atoms with Crippen LogP contribution >= 0.6 is 0 Å². The molecule has 8 rings (SSSR count). The van der Waals surface area contributed by atoms with E-state index in [4.69, 9.17) is 25.5 Å². The molecule has 0 spiro atoms. The summed E-state index contributed by atoms with van der Waals surface area (Å²) in [6, 6.07) is 29.3. The van der Waals surface area contributed by atoms with Crippen molar-refractivity contribution >= 4 is 28.2 Å². The smallest absolute Gasteiger partial charge is 0.187 e. The van der Waals surface area contributed by atoms with Crippen molar-refractivity contribution in [2.75, 3.05) is 45.4 Å². The first-order valence-electron chi connectivity index (χ1n) is 16.0. The van der Waals surface area contributed by atoms with Gasteiger partial charge in [0.05, 0.1) is 34.0 Å². The highest BCUT2D eigenvalue weighted by molar-refractivity contribution is 6.09. The van der Waals surface area contributed by atoms with Crippen LogP contribution in [-0.2, 0) is 15.8 Å². The maximum atomic E-state index is 7.69. The number of anilines is 1. The first kappa shape index (κ1) is 29.2. The molecule has 0 aromatic heterocycles. The van der Waals surface area contributed by atoms with E-state index in [1.54, 1.807) is 14.2 Å². The number of methoxy groups -OCH3 is 2. The Morgan fingerprint density at radius 3 is 2.15 bits per heavy atom. The van der Waals surface area contributed by atoms with E-state index < -0.39 is 5.60 Å². The Balaban J connectivity index is 1.37. The molecule has 0 amide bonds. The fourth-order valence-electron chi connectivity index (χ4n) is 7.71. The summed E-state index contributed by atoms with van der Waals surface area (Å²) in [7, 11) is 3.38. The third-order valence-electron chi connectivity index (χ3n) is 10.1. The molecule has 0 bridgehead atoms. The van der Waals surface area contributed by atoms with Gasteiger partial charge in [-0.1, -0.05) is 62.4 Å². The molecule has 1 aliphatic carbocycles. The van der Waals surface area contributed by atoms with E-state index in [1.807, 2.05) is 24.3 Å². The average molecular weight is 621 g/mol. The van der Waals surface area contributed by atoms with Gasteiger partial charge in [-0.3, -0.25) is 0 Å². The van der Waals surface area contributed by atoms with E-state index in [0.29, 0.717) is 5.69 Å². The van der Waals surface area contributed by atoms with Crippen molar-refractivity contribution in [3.05, 3.63) is 130 Å². The molecule has 1 saturated heterocycles. The topological polar surface area (TPSA) is 44.5 Å². The summed E-state index contributed by atoms with van der Waals surface area (Å²) >= 11 is 0. The van der Waals surface area contributed by atoms with Gasteiger partial charge in [0.1, 0.15) is 17.2 Å². The monoisotopic (exact) mass is 620 g/mol. The summed E-state index contributed by atoms with van der Waals surface area (Å²) in [5, 5.41) is 2.09. The Labute approximate surface area is 275 Å². The molecule has 5 aromatic carbocycles. The fourth-order valence-corrected chi connectivity index (χ4v) is 7.71. The van der Waals surface area contributed by atoms with Crippen LogP contribution in [0.3, 0.4) is 0 Å². The second kappa shape index (κ2) is 10.9. The van der Waals surface area contributed by atoms with Crippen LogP contribution in [0.4, 0.5) is 11.4 Å². The Kier molecular flexibility index (Phi) is 6.78. The fraction of sp³-hybridized carbons (Fsp3) is 0.244. The lowest BCUT2D eigenvalue weighted by atomic mass is 9.76. The van der Waals surface area contributed by atoms with Gasteiger partial charge in [0.2, 0.25) is 0 Å². The Hall–Kier alpha value is -5.25. The highest BCUT2D eigenvalue weighted by Crippen LogP contribution is 2.59. The van der Waals surface area contributed by atoms with Crippen LogP contribution in [0.5, 0.6) is 17.2 Å². The van der Waals surface area contributed by atoms with E-state index >= 15 is 0 Å². The molecule has 47 heavy (non-hydrogen) atoms. The Morgan fingerprint density at radius 2 is 1.47 bits per heavy atom. The second-order valence-corrected chi connectivity index (χ2v) is 12.9. The molecule has 234 valence electrons. The molecule has 1 atom stereocenters. The molecular formula is C41H36N2O4. The second-order valence-electron chi connectivity index (χ2n) is 12.9. The molecule has 0 saturated carbocycles. The zero-order valence-corrected chi connectivity index (χ0v) is 27.1. The van der Waals surface area contributed by atoms with Gasteiger partial charge in [-0.15, -0.1) is 0 Å². The van der Waals surface area contributed by atoms with E-state index in [2.05, 4.69) is 96.4 Å². The molecule has 6 nitrogen and oxygen atoms in total. The van der Waals surface area contributed by atoms with Crippen LogP contribution in [0.25, 0.3) is 32.8 Å². The molecule has 1 unspecified atom stereocenters. The largest absolute Gasteiger partial charge is 0.497 e. The van der Waals surface area contributed by atoms with Gasteiger partial charge in [0.15, 0.2) is 11.3 Å². The summed E-state index contributed by atoms with van der Waals surface area (Å²) in [5.74, 6) is 2.38. The van der Waals surface area contributed by atoms with Crippen LogP contribution in [0.2, 0.25) is 0 Å². The van der Waals surface area contributed by atoms with Gasteiger partial charge in [-0.2, -0.15) is 0 Å². The van der Waals surface area contributed by atoms with Crippen molar-refractivity contribution in [3.8, 4) is 28.4 Å². The number of fused-ring (bicyclic) bond motifs is 8. The normalized spacial score (nSPS) is 18.9. The van der Waals surface area contributed by atoms with Crippen molar-refractivity contribution in [3.63, 3.8) is 0 Å². The molecule has 3 aliphatic rings. The van der Waals surface area contributed by atoms with E-state index in [1.165, 1.54) is 16.8 Å². The van der Waals surface area contributed by atoms with Crippen molar-refractivity contribution in [2.24, 2.45) is 0 Å². The highest BCUT2D eigenvalue weighted by atomic mass is 16.5. The summed E-state index contributed by atoms with van der Waals surface area (Å²) in [4.78, 5) is 6.12. The summed E-state index contributed by atoms with van der Waals surface area (Å²) in [6.45, 7) is 15.4. The SMILES string of the molecule is [C-]#[N+]c1ccc2c(c1)C(C)(C)c1c3c(c4cc(OC)ccc4c1-2)OC(c1ccc(OC)cc1)(c1ccc(N2CCOCC2)cc1)C=C3. The van der Waals surface area contributed by atoms with Gasteiger partial charge in [-0.25, -0.2) is 4.85 Å². The summed E-state index contributed by atoms with van der Waals surface area (Å²) in [6.07, 6.45) is 4.46. The van der Waals surface area contributed by atoms with Crippen molar-refractivity contribution in [1.82, 2.24) is 0 Å². The van der Waals surface area contributed by atoms with E-state index in [0.717, 1.165) is 82.1 Å². The van der Waals surface area contributed by atoms with Crippen LogP contribution in [0.15, 0.2) is 91.0 Å². The predicted octanol–water partition coefficient (Wildman–Crippen LogP) is 8.90. The van der Waals surface area contributed by atoms with Crippen LogP contribution in [0.1, 0.15) is 41.7 Å². The third kappa shape index (κ3) is 4.41. The van der Waals surface area contributed by atoms with Crippen LogP contribution in [-0.4, -0.2) is 40.5 Å². The summed E-state index contributed by atoms with van der Waals surface area (Å²) < 4.78 is 24.3. The minimum atomic E-state index is -0.903. The molecule has 6 heteroatoms. The Bertz CT molecular complexity index is 2100. The first-order chi connectivity index (χ1) is 22.9. The maximum Gasteiger partial charge on any atom is 0.187 e.